The van der Waals surface area contributed by atoms with Crippen LogP contribution in [0.15, 0.2) is 23.0 Å². The van der Waals surface area contributed by atoms with E-state index in [2.05, 4.69) is 27.4 Å². The van der Waals surface area contributed by atoms with Crippen molar-refractivity contribution in [1.82, 2.24) is 15.2 Å². The van der Waals surface area contributed by atoms with Crippen molar-refractivity contribution in [2.45, 2.75) is 12.5 Å². The predicted octanol–water partition coefficient (Wildman–Crippen LogP) is 0.811. The highest BCUT2D eigenvalue weighted by atomic mass is 32.1. The summed E-state index contributed by atoms with van der Waals surface area (Å²) in [6.45, 7) is 0. The van der Waals surface area contributed by atoms with Gasteiger partial charge in [-0.25, -0.2) is 0 Å². The minimum atomic E-state index is 0.00306. The molecule has 5 nitrogen and oxygen atoms in total. The van der Waals surface area contributed by atoms with Gasteiger partial charge in [0.05, 0.1) is 12.2 Å². The van der Waals surface area contributed by atoms with Crippen molar-refractivity contribution in [3.63, 3.8) is 0 Å². The first kappa shape index (κ1) is 11.1. The second-order valence-corrected chi connectivity index (χ2v) is 4.44. The van der Waals surface area contributed by atoms with Crippen LogP contribution in [0.25, 0.3) is 0 Å². The van der Waals surface area contributed by atoms with Gasteiger partial charge >= 0.3 is 0 Å². The van der Waals surface area contributed by atoms with E-state index in [1.165, 1.54) is 5.56 Å². The molecule has 0 fully saturated rings. The van der Waals surface area contributed by atoms with Crippen molar-refractivity contribution in [1.29, 1.82) is 0 Å². The van der Waals surface area contributed by atoms with Gasteiger partial charge in [0.2, 0.25) is 0 Å². The average molecular weight is 237 g/mol. The van der Waals surface area contributed by atoms with Gasteiger partial charge in [0.15, 0.2) is 0 Å². The van der Waals surface area contributed by atoms with Gasteiger partial charge in [-0.15, -0.1) is 0 Å². The minimum Gasteiger partial charge on any atom is -0.384 e. The summed E-state index contributed by atoms with van der Waals surface area (Å²) in [6.07, 6.45) is 2.57. The van der Waals surface area contributed by atoms with Crippen molar-refractivity contribution in [2.24, 2.45) is 12.9 Å². The Bertz CT molecular complexity index is 448. The van der Waals surface area contributed by atoms with E-state index >= 15 is 0 Å². The summed E-state index contributed by atoms with van der Waals surface area (Å²) in [5.74, 6) is 6.21. The molecular formula is C10H15N5S. The fourth-order valence-corrected chi connectivity index (χ4v) is 2.32. The van der Waals surface area contributed by atoms with E-state index in [4.69, 9.17) is 11.6 Å². The maximum absolute atomic E-state index is 5.92. The van der Waals surface area contributed by atoms with Crippen LogP contribution in [0.4, 0.5) is 5.82 Å². The van der Waals surface area contributed by atoms with E-state index < -0.39 is 0 Å². The molecule has 86 valence electrons. The molecule has 0 saturated carbocycles. The molecule has 0 spiro atoms. The van der Waals surface area contributed by atoms with Crippen LogP contribution in [0.5, 0.6) is 0 Å². The van der Waals surface area contributed by atoms with Gasteiger partial charge in [0.1, 0.15) is 5.82 Å². The van der Waals surface area contributed by atoms with Crippen LogP contribution in [0.3, 0.4) is 0 Å². The third-order valence-electron chi connectivity index (χ3n) is 2.61. The van der Waals surface area contributed by atoms with Crippen molar-refractivity contribution in [2.75, 3.05) is 5.73 Å². The molecule has 0 aromatic carbocycles. The van der Waals surface area contributed by atoms with Crippen molar-refractivity contribution >= 4 is 17.2 Å². The van der Waals surface area contributed by atoms with Crippen LogP contribution in [-0.4, -0.2) is 9.78 Å². The summed E-state index contributed by atoms with van der Waals surface area (Å²) in [6, 6.07) is 2.09. The summed E-state index contributed by atoms with van der Waals surface area (Å²) in [4.78, 5) is 0. The Morgan fingerprint density at radius 2 is 2.44 bits per heavy atom. The first-order valence-electron chi connectivity index (χ1n) is 4.97. The second-order valence-electron chi connectivity index (χ2n) is 3.66. The van der Waals surface area contributed by atoms with Crippen LogP contribution in [0.2, 0.25) is 0 Å². The van der Waals surface area contributed by atoms with Gasteiger partial charge in [-0.1, -0.05) is 0 Å². The maximum atomic E-state index is 5.92. The number of aromatic nitrogens is 2. The van der Waals surface area contributed by atoms with Gasteiger partial charge in [-0.3, -0.25) is 16.0 Å². The zero-order valence-electron chi connectivity index (χ0n) is 9.05. The number of aryl methyl sites for hydroxylation is 1. The number of nitrogen functional groups attached to an aromatic ring is 1. The molecule has 1 atom stereocenters. The van der Waals surface area contributed by atoms with Crippen LogP contribution in [-0.2, 0) is 13.5 Å². The number of nitrogens with zero attached hydrogens (tertiary/aromatic N) is 2. The molecule has 0 aliphatic heterocycles. The Morgan fingerprint density at radius 3 is 2.94 bits per heavy atom. The van der Waals surface area contributed by atoms with E-state index in [0.29, 0.717) is 5.82 Å². The highest BCUT2D eigenvalue weighted by molar-refractivity contribution is 7.07. The molecule has 2 rings (SSSR count). The number of hydrazine groups is 1. The SMILES string of the molecule is Cn1ncc(C(Cc2ccsc2)NN)c1N. The molecule has 2 aromatic heterocycles. The van der Waals surface area contributed by atoms with E-state index in [1.54, 1.807) is 22.2 Å². The average Bonchev–Trinajstić information content (AvgIpc) is 2.88. The fraction of sp³-hybridized carbons (Fsp3) is 0.300. The number of nitrogens with two attached hydrogens (primary N) is 2. The molecule has 6 heteroatoms. The standard InChI is InChI=1S/C10H15N5S/c1-15-10(11)8(5-13-15)9(14-12)4-7-2-3-16-6-7/h2-3,5-6,9,14H,4,11-12H2,1H3. The molecule has 16 heavy (non-hydrogen) atoms. The summed E-state index contributed by atoms with van der Waals surface area (Å²) < 4.78 is 1.65. The predicted molar refractivity (Wildman–Crippen MR) is 65.7 cm³/mol. The highest BCUT2D eigenvalue weighted by Gasteiger charge is 2.16. The van der Waals surface area contributed by atoms with Crippen LogP contribution >= 0.6 is 11.3 Å². The van der Waals surface area contributed by atoms with Crippen LogP contribution < -0.4 is 17.0 Å². The summed E-state index contributed by atoms with van der Waals surface area (Å²) in [5, 5.41) is 8.27. The van der Waals surface area contributed by atoms with E-state index in [0.717, 1.165) is 12.0 Å². The zero-order valence-corrected chi connectivity index (χ0v) is 9.87. The Morgan fingerprint density at radius 1 is 1.62 bits per heavy atom. The number of hydrogen-bond acceptors (Lipinski definition) is 5. The third kappa shape index (κ3) is 2.08. The molecule has 0 aliphatic rings. The largest absolute Gasteiger partial charge is 0.384 e. The van der Waals surface area contributed by atoms with Crippen molar-refractivity contribution in [3.8, 4) is 0 Å². The third-order valence-corrected chi connectivity index (χ3v) is 3.34. The molecule has 0 bridgehead atoms. The number of anilines is 1. The Kier molecular flexibility index (Phi) is 3.23. The van der Waals surface area contributed by atoms with E-state index in [9.17, 15) is 0 Å². The first-order valence-corrected chi connectivity index (χ1v) is 5.91. The summed E-state index contributed by atoms with van der Waals surface area (Å²) >= 11 is 1.68. The number of rotatable bonds is 4. The lowest BCUT2D eigenvalue weighted by molar-refractivity contribution is 0.554. The van der Waals surface area contributed by atoms with Gasteiger partial charge in [0, 0.05) is 12.6 Å². The van der Waals surface area contributed by atoms with E-state index in [-0.39, 0.29) is 6.04 Å². The Balaban J connectivity index is 2.20. The van der Waals surface area contributed by atoms with Crippen molar-refractivity contribution in [3.05, 3.63) is 34.2 Å². The summed E-state index contributed by atoms with van der Waals surface area (Å²) in [7, 11) is 1.82. The number of thiophene rings is 1. The minimum absolute atomic E-state index is 0.00306. The van der Waals surface area contributed by atoms with E-state index in [1.807, 2.05) is 7.05 Å². The maximum Gasteiger partial charge on any atom is 0.126 e. The van der Waals surface area contributed by atoms with Gasteiger partial charge < -0.3 is 5.73 Å². The fourth-order valence-electron chi connectivity index (χ4n) is 1.64. The molecule has 1 unspecified atom stereocenters. The quantitative estimate of drug-likeness (QED) is 0.543. The zero-order chi connectivity index (χ0) is 11.5. The molecule has 0 saturated heterocycles. The van der Waals surface area contributed by atoms with Gasteiger partial charge in [-0.2, -0.15) is 16.4 Å². The first-order chi connectivity index (χ1) is 7.72. The molecule has 5 N–H and O–H groups in total. The molecule has 2 aromatic rings. The second kappa shape index (κ2) is 4.65. The van der Waals surface area contributed by atoms with Gasteiger partial charge in [-0.05, 0) is 28.8 Å². The lowest BCUT2D eigenvalue weighted by Crippen LogP contribution is -2.29. The highest BCUT2D eigenvalue weighted by Crippen LogP contribution is 2.23. The topological polar surface area (TPSA) is 81.9 Å². The van der Waals surface area contributed by atoms with Crippen LogP contribution in [0, 0.1) is 0 Å². The molecule has 2 heterocycles. The monoisotopic (exact) mass is 237 g/mol. The summed E-state index contributed by atoms with van der Waals surface area (Å²) in [5.41, 5.74) is 10.9. The molecule has 0 amide bonds. The number of nitrogens with one attached hydrogen (secondary N) is 1. The normalized spacial score (nSPS) is 12.9. The Labute approximate surface area is 98.0 Å². The van der Waals surface area contributed by atoms with Crippen molar-refractivity contribution < 1.29 is 0 Å². The van der Waals surface area contributed by atoms with Crippen LogP contribution in [0.1, 0.15) is 17.2 Å². The van der Waals surface area contributed by atoms with Gasteiger partial charge in [0.25, 0.3) is 0 Å². The number of hydrogen-bond donors (Lipinski definition) is 3. The lowest BCUT2D eigenvalue weighted by Gasteiger charge is -2.14. The molecule has 0 aliphatic carbocycles. The molecule has 0 radical (unpaired) electrons. The smallest absolute Gasteiger partial charge is 0.126 e. The Hall–Kier alpha value is -1.37. The lowest BCUT2D eigenvalue weighted by atomic mass is 10.0. The molecular weight excluding hydrogens is 222 g/mol.